The molecule has 0 N–H and O–H groups in total. The van der Waals surface area contributed by atoms with Gasteiger partial charge in [-0.2, -0.15) is 9.61 Å². The second kappa shape index (κ2) is 10.7. The molecule has 0 radical (unpaired) electrons. The third kappa shape index (κ3) is 5.56. The second-order valence-corrected chi connectivity index (χ2v) is 7.59. The van der Waals surface area contributed by atoms with Gasteiger partial charge < -0.3 is 9.47 Å². The zero-order chi connectivity index (χ0) is 23.0. The first-order valence-electron chi connectivity index (χ1n) is 11.0. The first-order chi connectivity index (χ1) is 16.2. The predicted octanol–water partition coefficient (Wildman–Crippen LogP) is 3.57. The monoisotopic (exact) mass is 446 g/mol. The van der Waals surface area contributed by atoms with Crippen LogP contribution in [0.2, 0.25) is 0 Å². The van der Waals surface area contributed by atoms with Crippen molar-refractivity contribution in [2.75, 3.05) is 20.3 Å². The van der Waals surface area contributed by atoms with Crippen LogP contribution < -0.4 is 4.74 Å². The molecule has 4 rings (SSSR count). The van der Waals surface area contributed by atoms with E-state index < -0.39 is 0 Å². The number of rotatable bonds is 11. The number of hydrogen-bond donors (Lipinski definition) is 0. The molecular weight excluding hydrogens is 420 g/mol. The lowest BCUT2D eigenvalue weighted by Crippen LogP contribution is -2.08. The average Bonchev–Trinajstić information content (AvgIpc) is 3.25. The Bertz CT molecular complexity index is 1220. The quantitative estimate of drug-likeness (QED) is 0.254. The van der Waals surface area contributed by atoms with Crippen LogP contribution in [0.4, 0.5) is 0 Å². The number of fused-ring (bicyclic) bond motifs is 1. The fourth-order valence-corrected chi connectivity index (χ4v) is 3.34. The molecule has 0 amide bonds. The Kier molecular flexibility index (Phi) is 7.31. The molecular formula is C24H26N6O3. The number of nitrogens with zero attached hydrogens (tertiary/aromatic N) is 6. The standard InChI is InChI=1S/C24H26N6O3/c1-3-4-8-21(31)20-9-10-22-27-28-23(30(22)29-20)14-17-6-5-7-18(13-17)24-25-15-19(16-26-24)33-12-11-32-2/h5-7,9-10,13,15-16H,3-4,8,11-12,14H2,1-2H3. The number of hydrogen-bond acceptors (Lipinski definition) is 8. The molecule has 0 fully saturated rings. The molecule has 0 saturated heterocycles. The van der Waals surface area contributed by atoms with E-state index in [4.69, 9.17) is 9.47 Å². The summed E-state index contributed by atoms with van der Waals surface area (Å²) in [4.78, 5) is 21.2. The van der Waals surface area contributed by atoms with Gasteiger partial charge in [0.1, 0.15) is 12.3 Å². The van der Waals surface area contributed by atoms with Crippen molar-refractivity contribution in [2.45, 2.75) is 32.6 Å². The molecule has 0 aliphatic carbocycles. The lowest BCUT2D eigenvalue weighted by molar-refractivity contribution is 0.0973. The number of unbranched alkanes of at least 4 members (excludes halogenated alkanes) is 1. The summed E-state index contributed by atoms with van der Waals surface area (Å²) in [6.45, 7) is 3.01. The normalized spacial score (nSPS) is 11.1. The third-order valence-electron chi connectivity index (χ3n) is 5.10. The minimum Gasteiger partial charge on any atom is -0.488 e. The second-order valence-electron chi connectivity index (χ2n) is 7.59. The molecule has 1 aromatic carbocycles. The van der Waals surface area contributed by atoms with Gasteiger partial charge in [-0.1, -0.05) is 31.5 Å². The number of Topliss-reactive ketones (excluding diaryl/α,β-unsaturated/α-hetero) is 1. The molecule has 33 heavy (non-hydrogen) atoms. The first-order valence-corrected chi connectivity index (χ1v) is 11.0. The maximum atomic E-state index is 12.4. The van der Waals surface area contributed by atoms with Crippen LogP contribution in [0.25, 0.3) is 17.0 Å². The molecule has 3 aromatic heterocycles. The number of benzene rings is 1. The number of carbonyl (C=O) groups excluding carboxylic acids is 1. The topological polar surface area (TPSA) is 104 Å². The summed E-state index contributed by atoms with van der Waals surface area (Å²) in [7, 11) is 1.63. The summed E-state index contributed by atoms with van der Waals surface area (Å²) in [6.07, 6.45) is 6.12. The van der Waals surface area contributed by atoms with Crippen LogP contribution in [0.5, 0.6) is 5.75 Å². The van der Waals surface area contributed by atoms with Gasteiger partial charge in [0, 0.05) is 25.5 Å². The van der Waals surface area contributed by atoms with E-state index in [1.807, 2.05) is 24.3 Å². The lowest BCUT2D eigenvalue weighted by Gasteiger charge is -2.07. The summed E-state index contributed by atoms with van der Waals surface area (Å²) in [5.74, 6) is 1.89. The Morgan fingerprint density at radius 1 is 1.06 bits per heavy atom. The van der Waals surface area contributed by atoms with E-state index in [1.54, 1.807) is 36.2 Å². The van der Waals surface area contributed by atoms with Gasteiger partial charge >= 0.3 is 0 Å². The van der Waals surface area contributed by atoms with Crippen LogP contribution >= 0.6 is 0 Å². The van der Waals surface area contributed by atoms with Crippen LogP contribution in [-0.4, -0.2) is 55.9 Å². The van der Waals surface area contributed by atoms with Crippen molar-refractivity contribution >= 4 is 11.4 Å². The third-order valence-corrected chi connectivity index (χ3v) is 5.10. The van der Waals surface area contributed by atoms with Gasteiger partial charge in [0.15, 0.2) is 28.8 Å². The highest BCUT2D eigenvalue weighted by Gasteiger charge is 2.13. The highest BCUT2D eigenvalue weighted by molar-refractivity contribution is 5.94. The summed E-state index contributed by atoms with van der Waals surface area (Å²) in [6, 6.07) is 11.4. The van der Waals surface area contributed by atoms with Crippen LogP contribution in [-0.2, 0) is 11.2 Å². The Morgan fingerprint density at radius 3 is 2.70 bits per heavy atom. The maximum absolute atomic E-state index is 12.4. The highest BCUT2D eigenvalue weighted by Crippen LogP contribution is 2.20. The van der Waals surface area contributed by atoms with E-state index in [2.05, 4.69) is 32.2 Å². The van der Waals surface area contributed by atoms with Crippen LogP contribution in [0, 0.1) is 0 Å². The van der Waals surface area contributed by atoms with Crippen LogP contribution in [0.1, 0.15) is 48.1 Å². The Labute approximate surface area is 191 Å². The molecule has 4 aromatic rings. The van der Waals surface area contributed by atoms with Crippen LogP contribution in [0.3, 0.4) is 0 Å². The van der Waals surface area contributed by atoms with Crippen molar-refractivity contribution < 1.29 is 14.3 Å². The van der Waals surface area contributed by atoms with Crippen molar-refractivity contribution in [3.63, 3.8) is 0 Å². The van der Waals surface area contributed by atoms with Gasteiger partial charge in [-0.15, -0.1) is 10.2 Å². The summed E-state index contributed by atoms with van der Waals surface area (Å²) in [5, 5.41) is 13.0. The zero-order valence-electron chi connectivity index (χ0n) is 18.8. The number of aromatic nitrogens is 6. The zero-order valence-corrected chi connectivity index (χ0v) is 18.8. The molecule has 3 heterocycles. The van der Waals surface area contributed by atoms with Gasteiger partial charge in [0.25, 0.3) is 0 Å². The number of ether oxygens (including phenoxy) is 2. The smallest absolute Gasteiger partial charge is 0.183 e. The molecule has 0 saturated carbocycles. The van der Waals surface area contributed by atoms with Crippen molar-refractivity contribution in [1.82, 2.24) is 29.8 Å². The highest BCUT2D eigenvalue weighted by atomic mass is 16.5. The Hall–Kier alpha value is -3.72. The van der Waals surface area contributed by atoms with Gasteiger partial charge in [-0.05, 0) is 30.2 Å². The average molecular weight is 447 g/mol. The maximum Gasteiger partial charge on any atom is 0.183 e. The lowest BCUT2D eigenvalue weighted by atomic mass is 10.1. The SMILES string of the molecule is CCCCC(=O)c1ccc2nnc(Cc3cccc(-c4ncc(OCCOC)cn4)c3)n2n1. The summed E-state index contributed by atoms with van der Waals surface area (Å²) >= 11 is 0. The number of ketones is 1. The fourth-order valence-electron chi connectivity index (χ4n) is 3.34. The largest absolute Gasteiger partial charge is 0.488 e. The van der Waals surface area contributed by atoms with E-state index in [-0.39, 0.29) is 5.78 Å². The molecule has 0 aliphatic heterocycles. The molecule has 0 unspecified atom stereocenters. The minimum absolute atomic E-state index is 0.0344. The predicted molar refractivity (Wildman–Crippen MR) is 122 cm³/mol. The molecule has 0 bridgehead atoms. The van der Waals surface area contributed by atoms with Crippen molar-refractivity contribution in [1.29, 1.82) is 0 Å². The summed E-state index contributed by atoms with van der Waals surface area (Å²) < 4.78 is 12.1. The van der Waals surface area contributed by atoms with Crippen molar-refractivity contribution in [2.24, 2.45) is 0 Å². The van der Waals surface area contributed by atoms with E-state index >= 15 is 0 Å². The molecule has 9 heteroatoms. The molecule has 0 spiro atoms. The molecule has 0 aliphatic rings. The Balaban J connectivity index is 1.52. The molecule has 9 nitrogen and oxygen atoms in total. The van der Waals surface area contributed by atoms with Gasteiger partial charge in [0.05, 0.1) is 19.0 Å². The number of carbonyl (C=O) groups is 1. The molecule has 170 valence electrons. The van der Waals surface area contributed by atoms with E-state index in [0.29, 0.717) is 54.8 Å². The van der Waals surface area contributed by atoms with E-state index in [0.717, 1.165) is 24.0 Å². The summed E-state index contributed by atoms with van der Waals surface area (Å²) in [5.41, 5.74) is 2.94. The van der Waals surface area contributed by atoms with Crippen molar-refractivity contribution in [3.8, 4) is 17.1 Å². The van der Waals surface area contributed by atoms with Gasteiger partial charge in [-0.25, -0.2) is 9.97 Å². The number of methoxy groups -OCH3 is 1. The Morgan fingerprint density at radius 2 is 1.91 bits per heavy atom. The van der Waals surface area contributed by atoms with Gasteiger partial charge in [-0.3, -0.25) is 4.79 Å². The van der Waals surface area contributed by atoms with Crippen molar-refractivity contribution in [3.05, 3.63) is 65.9 Å². The van der Waals surface area contributed by atoms with Gasteiger partial charge in [0.2, 0.25) is 0 Å². The molecule has 0 atom stereocenters. The van der Waals surface area contributed by atoms with E-state index in [1.165, 1.54) is 0 Å². The minimum atomic E-state index is 0.0344. The fraction of sp³-hybridized carbons (Fsp3) is 0.333. The van der Waals surface area contributed by atoms with Crippen LogP contribution in [0.15, 0.2) is 48.8 Å². The van der Waals surface area contributed by atoms with E-state index in [9.17, 15) is 4.79 Å². The first kappa shape index (κ1) is 22.5.